The molecule has 2 rings (SSSR count). The van der Waals surface area contributed by atoms with Gasteiger partial charge in [0, 0.05) is 5.92 Å². The lowest BCUT2D eigenvalue weighted by Crippen LogP contribution is -1.99. The number of hydrogen-bond donors (Lipinski definition) is 0. The van der Waals surface area contributed by atoms with Gasteiger partial charge in [0.2, 0.25) is 0 Å². The maximum absolute atomic E-state index is 11.7. The van der Waals surface area contributed by atoms with Gasteiger partial charge in [0.15, 0.2) is 5.78 Å². The summed E-state index contributed by atoms with van der Waals surface area (Å²) in [5.41, 5.74) is 2.70. The summed E-state index contributed by atoms with van der Waals surface area (Å²) in [4.78, 5) is 11.7. The molecule has 1 heteroatoms. The Balaban J connectivity index is 1.92. The molecule has 2 aliphatic carbocycles. The monoisotopic (exact) mass is 218 g/mol. The van der Waals surface area contributed by atoms with Gasteiger partial charge in [-0.1, -0.05) is 17.7 Å². The third kappa shape index (κ3) is 3.07. The summed E-state index contributed by atoms with van der Waals surface area (Å²) < 4.78 is 0. The summed E-state index contributed by atoms with van der Waals surface area (Å²) in [6.45, 7) is 6.19. The second-order valence-electron chi connectivity index (χ2n) is 5.45. The van der Waals surface area contributed by atoms with Crippen molar-refractivity contribution in [3.05, 3.63) is 23.8 Å². The lowest BCUT2D eigenvalue weighted by Gasteiger charge is -2.12. The van der Waals surface area contributed by atoms with Crippen molar-refractivity contribution in [2.75, 3.05) is 0 Å². The largest absolute Gasteiger partial charge is 0.295 e. The molecule has 0 saturated heterocycles. The molecule has 0 heterocycles. The molecule has 0 spiro atoms. The van der Waals surface area contributed by atoms with Crippen molar-refractivity contribution >= 4 is 5.78 Å². The Morgan fingerprint density at radius 2 is 1.94 bits per heavy atom. The molecule has 0 aromatic carbocycles. The third-order valence-corrected chi connectivity index (χ3v) is 3.89. The van der Waals surface area contributed by atoms with Crippen LogP contribution < -0.4 is 0 Å². The van der Waals surface area contributed by atoms with Crippen LogP contribution in [0.5, 0.6) is 0 Å². The maximum Gasteiger partial charge on any atom is 0.158 e. The number of ketones is 1. The molecule has 0 radical (unpaired) electrons. The van der Waals surface area contributed by atoms with Crippen molar-refractivity contribution in [1.29, 1.82) is 0 Å². The van der Waals surface area contributed by atoms with E-state index in [0.717, 1.165) is 25.7 Å². The SMILES string of the molecule is C=C(C)C1CCCC(=CC(=O)C2CC2)CC1. The lowest BCUT2D eigenvalue weighted by molar-refractivity contribution is -0.115. The van der Waals surface area contributed by atoms with Gasteiger partial charge in [0.05, 0.1) is 0 Å². The predicted octanol–water partition coefficient (Wildman–Crippen LogP) is 4.05. The molecular formula is C15H22O. The molecule has 0 aromatic heterocycles. The molecule has 16 heavy (non-hydrogen) atoms. The zero-order valence-electron chi connectivity index (χ0n) is 10.3. The summed E-state index contributed by atoms with van der Waals surface area (Å²) in [5.74, 6) is 1.46. The van der Waals surface area contributed by atoms with Gasteiger partial charge in [0.1, 0.15) is 0 Å². The van der Waals surface area contributed by atoms with Gasteiger partial charge in [0.25, 0.3) is 0 Å². The normalized spacial score (nSPS) is 28.8. The fourth-order valence-electron chi connectivity index (χ4n) is 2.53. The Labute approximate surface area is 98.6 Å². The van der Waals surface area contributed by atoms with E-state index in [2.05, 4.69) is 13.5 Å². The van der Waals surface area contributed by atoms with Crippen molar-refractivity contribution in [3.8, 4) is 0 Å². The van der Waals surface area contributed by atoms with Gasteiger partial charge in [-0.3, -0.25) is 4.79 Å². The minimum absolute atomic E-state index is 0.382. The van der Waals surface area contributed by atoms with Crippen LogP contribution in [0.25, 0.3) is 0 Å². The lowest BCUT2D eigenvalue weighted by atomic mass is 9.93. The van der Waals surface area contributed by atoms with E-state index < -0.39 is 0 Å². The second kappa shape index (κ2) is 4.99. The summed E-state index contributed by atoms with van der Waals surface area (Å²) in [5, 5.41) is 0. The Morgan fingerprint density at radius 1 is 1.19 bits per heavy atom. The van der Waals surface area contributed by atoms with Crippen molar-refractivity contribution in [1.82, 2.24) is 0 Å². The molecule has 1 unspecified atom stereocenters. The molecule has 1 nitrogen and oxygen atoms in total. The second-order valence-corrected chi connectivity index (χ2v) is 5.45. The highest BCUT2D eigenvalue weighted by atomic mass is 16.1. The minimum Gasteiger partial charge on any atom is -0.295 e. The molecule has 1 atom stereocenters. The molecule has 2 saturated carbocycles. The average Bonchev–Trinajstić information content (AvgIpc) is 3.04. The van der Waals surface area contributed by atoms with Crippen LogP contribution in [-0.4, -0.2) is 5.78 Å². The molecule has 88 valence electrons. The van der Waals surface area contributed by atoms with E-state index in [4.69, 9.17) is 0 Å². The van der Waals surface area contributed by atoms with Crippen molar-refractivity contribution in [3.63, 3.8) is 0 Å². The van der Waals surface area contributed by atoms with Crippen LogP contribution in [0.15, 0.2) is 23.8 Å². The fourth-order valence-corrected chi connectivity index (χ4v) is 2.53. The molecule has 2 fully saturated rings. The minimum atomic E-state index is 0.382. The van der Waals surface area contributed by atoms with E-state index in [1.54, 1.807) is 0 Å². The van der Waals surface area contributed by atoms with Gasteiger partial charge in [-0.2, -0.15) is 0 Å². The Bertz CT molecular complexity index is 320. The highest BCUT2D eigenvalue weighted by Gasteiger charge is 2.28. The van der Waals surface area contributed by atoms with Crippen molar-refractivity contribution in [2.24, 2.45) is 11.8 Å². The molecule has 0 N–H and O–H groups in total. The fraction of sp³-hybridized carbons (Fsp3) is 0.667. The first-order valence-corrected chi connectivity index (χ1v) is 6.55. The molecule has 0 aliphatic heterocycles. The topological polar surface area (TPSA) is 17.1 Å². The summed E-state index contributed by atoms with van der Waals surface area (Å²) in [6.07, 6.45) is 10.1. The molecule has 0 amide bonds. The van der Waals surface area contributed by atoms with Crippen LogP contribution in [0, 0.1) is 11.8 Å². The van der Waals surface area contributed by atoms with Crippen LogP contribution in [0.4, 0.5) is 0 Å². The predicted molar refractivity (Wildman–Crippen MR) is 67.2 cm³/mol. The number of allylic oxidation sites excluding steroid dienone is 3. The quantitative estimate of drug-likeness (QED) is 0.397. The van der Waals surface area contributed by atoms with Gasteiger partial charge >= 0.3 is 0 Å². The summed E-state index contributed by atoms with van der Waals surface area (Å²) in [7, 11) is 0. The van der Waals surface area contributed by atoms with Gasteiger partial charge in [-0.15, -0.1) is 0 Å². The molecular weight excluding hydrogens is 196 g/mol. The highest BCUT2D eigenvalue weighted by molar-refractivity contribution is 5.93. The van der Waals surface area contributed by atoms with Crippen LogP contribution in [0.1, 0.15) is 51.9 Å². The van der Waals surface area contributed by atoms with E-state index in [1.807, 2.05) is 6.08 Å². The van der Waals surface area contributed by atoms with Crippen molar-refractivity contribution in [2.45, 2.75) is 51.9 Å². The maximum atomic E-state index is 11.7. The Kier molecular flexibility index (Phi) is 3.63. The number of rotatable bonds is 3. The number of carbonyl (C=O) groups is 1. The summed E-state index contributed by atoms with van der Waals surface area (Å²) in [6, 6.07) is 0. The van der Waals surface area contributed by atoms with Crippen LogP contribution >= 0.6 is 0 Å². The van der Waals surface area contributed by atoms with Crippen LogP contribution in [-0.2, 0) is 4.79 Å². The van der Waals surface area contributed by atoms with E-state index in [0.29, 0.717) is 17.6 Å². The first-order chi connectivity index (χ1) is 7.66. The van der Waals surface area contributed by atoms with Gasteiger partial charge in [-0.25, -0.2) is 0 Å². The van der Waals surface area contributed by atoms with Crippen molar-refractivity contribution < 1.29 is 4.79 Å². The first kappa shape index (κ1) is 11.6. The molecule has 2 aliphatic rings. The zero-order valence-corrected chi connectivity index (χ0v) is 10.3. The zero-order chi connectivity index (χ0) is 11.5. The van der Waals surface area contributed by atoms with E-state index in [9.17, 15) is 4.79 Å². The summed E-state index contributed by atoms with van der Waals surface area (Å²) >= 11 is 0. The average molecular weight is 218 g/mol. The Morgan fingerprint density at radius 3 is 2.56 bits per heavy atom. The Hall–Kier alpha value is -0.850. The number of hydrogen-bond acceptors (Lipinski definition) is 1. The first-order valence-electron chi connectivity index (χ1n) is 6.55. The van der Waals surface area contributed by atoms with E-state index in [1.165, 1.54) is 30.4 Å². The number of carbonyl (C=O) groups excluding carboxylic acids is 1. The molecule has 0 aromatic rings. The smallest absolute Gasteiger partial charge is 0.158 e. The standard InChI is InChI=1S/C15H22O/c1-11(2)13-5-3-4-12(6-7-13)10-15(16)14-8-9-14/h10,13-14H,1,3-9H2,2H3. The van der Waals surface area contributed by atoms with Gasteiger partial charge < -0.3 is 0 Å². The van der Waals surface area contributed by atoms with E-state index in [-0.39, 0.29) is 0 Å². The molecule has 0 bridgehead atoms. The highest BCUT2D eigenvalue weighted by Crippen LogP contribution is 2.33. The van der Waals surface area contributed by atoms with Gasteiger partial charge in [-0.05, 0) is 63.9 Å². The third-order valence-electron chi connectivity index (χ3n) is 3.89. The van der Waals surface area contributed by atoms with Crippen LogP contribution in [0.2, 0.25) is 0 Å². The van der Waals surface area contributed by atoms with Crippen LogP contribution in [0.3, 0.4) is 0 Å². The van der Waals surface area contributed by atoms with E-state index >= 15 is 0 Å².